The van der Waals surface area contributed by atoms with Gasteiger partial charge in [-0.2, -0.15) is 0 Å². The Balaban J connectivity index is 1.88. The molecule has 0 spiro atoms. The molecule has 3 rings (SSSR count). The van der Waals surface area contributed by atoms with Crippen molar-refractivity contribution in [3.8, 4) is 5.75 Å². The van der Waals surface area contributed by atoms with E-state index in [4.69, 9.17) is 4.74 Å². The normalized spacial score (nSPS) is 19.6. The molecule has 6 nitrogen and oxygen atoms in total. The maximum Gasteiger partial charge on any atom is 0.278 e. The Labute approximate surface area is 127 Å². The molecule has 1 aliphatic rings. The number of hydrogen-bond donors (Lipinski definition) is 2. The molecule has 2 N–H and O–H groups in total. The van der Waals surface area contributed by atoms with E-state index in [1.165, 1.54) is 6.92 Å². The van der Waals surface area contributed by atoms with Crippen LogP contribution in [0.4, 0.5) is 11.4 Å². The van der Waals surface area contributed by atoms with Crippen molar-refractivity contribution in [1.82, 2.24) is 4.98 Å². The standard InChI is InChI=1S/C16H15N3O3/c1-10-3-4-13-12(9-10)19-15(21)16(2,22-13)14(20)18-11-5-7-17-8-6-11/h3-9H,1-2H3,(H,19,21)(H,17,18,20). The molecule has 112 valence electrons. The molecule has 0 saturated heterocycles. The third-order valence-corrected chi connectivity index (χ3v) is 3.50. The number of ether oxygens (including phenoxy) is 1. The molecule has 1 aliphatic heterocycles. The van der Waals surface area contributed by atoms with Gasteiger partial charge in [-0.1, -0.05) is 6.07 Å². The Kier molecular flexibility index (Phi) is 3.29. The van der Waals surface area contributed by atoms with Gasteiger partial charge in [0.05, 0.1) is 5.69 Å². The fourth-order valence-electron chi connectivity index (χ4n) is 2.17. The summed E-state index contributed by atoms with van der Waals surface area (Å²) in [6.45, 7) is 3.36. The summed E-state index contributed by atoms with van der Waals surface area (Å²) < 4.78 is 5.68. The lowest BCUT2D eigenvalue weighted by Crippen LogP contribution is -2.56. The average Bonchev–Trinajstić information content (AvgIpc) is 2.50. The van der Waals surface area contributed by atoms with Crippen molar-refractivity contribution in [2.45, 2.75) is 19.4 Å². The zero-order valence-corrected chi connectivity index (χ0v) is 12.2. The van der Waals surface area contributed by atoms with Crippen LogP contribution in [0.3, 0.4) is 0 Å². The second-order valence-corrected chi connectivity index (χ2v) is 5.28. The number of carbonyl (C=O) groups excluding carboxylic acids is 2. The third kappa shape index (κ3) is 2.39. The highest BCUT2D eigenvalue weighted by molar-refractivity contribution is 6.19. The van der Waals surface area contributed by atoms with Crippen molar-refractivity contribution in [2.24, 2.45) is 0 Å². The minimum Gasteiger partial charge on any atom is -0.466 e. The van der Waals surface area contributed by atoms with E-state index in [1.807, 2.05) is 13.0 Å². The Morgan fingerprint density at radius 1 is 1.27 bits per heavy atom. The number of hydrogen-bond acceptors (Lipinski definition) is 4. The van der Waals surface area contributed by atoms with Gasteiger partial charge in [0.15, 0.2) is 0 Å². The van der Waals surface area contributed by atoms with Gasteiger partial charge in [-0.15, -0.1) is 0 Å². The van der Waals surface area contributed by atoms with Crippen LogP contribution < -0.4 is 15.4 Å². The van der Waals surface area contributed by atoms with Gasteiger partial charge >= 0.3 is 0 Å². The minimum absolute atomic E-state index is 0.470. The van der Waals surface area contributed by atoms with E-state index >= 15 is 0 Å². The predicted molar refractivity (Wildman–Crippen MR) is 81.7 cm³/mol. The summed E-state index contributed by atoms with van der Waals surface area (Å²) in [7, 11) is 0. The number of rotatable bonds is 2. The summed E-state index contributed by atoms with van der Waals surface area (Å²) in [4.78, 5) is 28.6. The molecule has 1 aromatic carbocycles. The molecule has 0 fully saturated rings. The van der Waals surface area contributed by atoms with Crippen molar-refractivity contribution in [2.75, 3.05) is 10.6 Å². The van der Waals surface area contributed by atoms with Crippen LogP contribution in [0.25, 0.3) is 0 Å². The van der Waals surface area contributed by atoms with Crippen LogP contribution in [0.1, 0.15) is 12.5 Å². The fraction of sp³-hybridized carbons (Fsp3) is 0.188. The molecule has 0 radical (unpaired) electrons. The van der Waals surface area contributed by atoms with Gasteiger partial charge in [0.25, 0.3) is 17.4 Å². The maximum atomic E-state index is 12.5. The van der Waals surface area contributed by atoms with Crippen LogP contribution in [-0.2, 0) is 9.59 Å². The van der Waals surface area contributed by atoms with Gasteiger partial charge in [-0.05, 0) is 43.7 Å². The van der Waals surface area contributed by atoms with Gasteiger partial charge in [0.1, 0.15) is 5.75 Å². The molecule has 22 heavy (non-hydrogen) atoms. The van der Waals surface area contributed by atoms with E-state index in [0.29, 0.717) is 17.1 Å². The Morgan fingerprint density at radius 3 is 2.73 bits per heavy atom. The smallest absolute Gasteiger partial charge is 0.278 e. The van der Waals surface area contributed by atoms with Gasteiger partial charge < -0.3 is 15.4 Å². The van der Waals surface area contributed by atoms with Crippen LogP contribution in [0.2, 0.25) is 0 Å². The first-order valence-corrected chi connectivity index (χ1v) is 6.81. The molecule has 1 unspecified atom stereocenters. The monoisotopic (exact) mass is 297 g/mol. The number of amides is 2. The lowest BCUT2D eigenvalue weighted by Gasteiger charge is -2.33. The summed E-state index contributed by atoms with van der Waals surface area (Å²) in [5.74, 6) is -0.572. The van der Waals surface area contributed by atoms with Crippen LogP contribution in [0, 0.1) is 6.92 Å². The minimum atomic E-state index is -1.63. The van der Waals surface area contributed by atoms with Gasteiger partial charge in [0, 0.05) is 18.1 Å². The maximum absolute atomic E-state index is 12.5. The SMILES string of the molecule is Cc1ccc2c(c1)NC(=O)C(C)(C(=O)Nc1ccncc1)O2. The van der Waals surface area contributed by atoms with E-state index in [1.54, 1.807) is 36.7 Å². The molecule has 0 aliphatic carbocycles. The highest BCUT2D eigenvalue weighted by Gasteiger charge is 2.47. The Bertz CT molecular complexity index is 746. The molecular formula is C16H15N3O3. The zero-order valence-electron chi connectivity index (χ0n) is 12.2. The summed E-state index contributed by atoms with van der Waals surface area (Å²) in [6, 6.07) is 8.67. The molecule has 2 aromatic rings. The first-order valence-electron chi connectivity index (χ1n) is 6.81. The van der Waals surface area contributed by atoms with Crippen LogP contribution in [0.15, 0.2) is 42.7 Å². The van der Waals surface area contributed by atoms with Gasteiger partial charge in [-0.25, -0.2) is 0 Å². The van der Waals surface area contributed by atoms with Crippen molar-refractivity contribution in [1.29, 1.82) is 0 Å². The summed E-state index contributed by atoms with van der Waals surface area (Å²) in [5, 5.41) is 5.38. The first kappa shape index (κ1) is 14.1. The van der Waals surface area contributed by atoms with E-state index in [2.05, 4.69) is 15.6 Å². The van der Waals surface area contributed by atoms with Gasteiger partial charge in [-0.3, -0.25) is 14.6 Å². The predicted octanol–water partition coefficient (Wildman–Crippen LogP) is 2.12. The highest BCUT2D eigenvalue weighted by Crippen LogP contribution is 2.34. The molecule has 6 heteroatoms. The lowest BCUT2D eigenvalue weighted by atomic mass is 10.0. The number of pyridine rings is 1. The van der Waals surface area contributed by atoms with Crippen LogP contribution >= 0.6 is 0 Å². The van der Waals surface area contributed by atoms with Crippen LogP contribution in [0.5, 0.6) is 5.75 Å². The number of benzene rings is 1. The molecule has 1 atom stereocenters. The van der Waals surface area contributed by atoms with E-state index in [9.17, 15) is 9.59 Å². The van der Waals surface area contributed by atoms with Crippen molar-refractivity contribution < 1.29 is 14.3 Å². The second-order valence-electron chi connectivity index (χ2n) is 5.28. The number of fused-ring (bicyclic) bond motifs is 1. The molecule has 0 saturated carbocycles. The van der Waals surface area contributed by atoms with Crippen molar-refractivity contribution in [3.63, 3.8) is 0 Å². The summed E-state index contributed by atoms with van der Waals surface area (Å²) in [5.41, 5.74) is 0.477. The third-order valence-electron chi connectivity index (χ3n) is 3.50. The van der Waals surface area contributed by atoms with E-state index in [0.717, 1.165) is 5.56 Å². The first-order chi connectivity index (χ1) is 10.5. The number of aryl methyl sites for hydroxylation is 1. The van der Waals surface area contributed by atoms with Crippen molar-refractivity contribution >= 4 is 23.2 Å². The average molecular weight is 297 g/mol. The second kappa shape index (κ2) is 5.14. The molecule has 2 heterocycles. The zero-order chi connectivity index (χ0) is 15.7. The topological polar surface area (TPSA) is 80.3 Å². The molecule has 0 bridgehead atoms. The van der Waals surface area contributed by atoms with E-state index in [-0.39, 0.29) is 0 Å². The fourth-order valence-corrected chi connectivity index (χ4v) is 2.17. The number of aromatic nitrogens is 1. The van der Waals surface area contributed by atoms with Crippen LogP contribution in [-0.4, -0.2) is 22.4 Å². The molecule has 1 aromatic heterocycles. The highest BCUT2D eigenvalue weighted by atomic mass is 16.5. The number of anilines is 2. The Morgan fingerprint density at radius 2 is 2.00 bits per heavy atom. The van der Waals surface area contributed by atoms with E-state index < -0.39 is 17.4 Å². The molecule has 2 amide bonds. The number of nitrogens with zero attached hydrogens (tertiary/aromatic N) is 1. The summed E-state index contributed by atoms with van der Waals surface area (Å²) >= 11 is 0. The lowest BCUT2D eigenvalue weighted by molar-refractivity contribution is -0.143. The largest absolute Gasteiger partial charge is 0.466 e. The molecular weight excluding hydrogens is 282 g/mol. The van der Waals surface area contributed by atoms with Gasteiger partial charge in [0.2, 0.25) is 0 Å². The van der Waals surface area contributed by atoms with Crippen molar-refractivity contribution in [3.05, 3.63) is 48.3 Å². The Hall–Kier alpha value is -2.89. The number of carbonyl (C=O) groups is 2. The quantitative estimate of drug-likeness (QED) is 0.832. The summed E-state index contributed by atoms with van der Waals surface area (Å²) in [6.07, 6.45) is 3.11. The number of nitrogens with one attached hydrogen (secondary N) is 2.